The molecule has 5 heteroatoms. The molecule has 0 bridgehead atoms. The molecule has 1 aromatic rings. The van der Waals surface area contributed by atoms with Gasteiger partial charge < -0.3 is 15.4 Å². The average molecular weight is 282 g/mol. The second-order valence-corrected chi connectivity index (χ2v) is 5.52. The summed E-state index contributed by atoms with van der Waals surface area (Å²) in [6.07, 6.45) is 0. The Morgan fingerprint density at radius 2 is 1.95 bits per heavy atom. The SMILES string of the molecule is COC(=O)c1cc(N(CC(C)C)C(C)C)c(F)cc1N. The maximum Gasteiger partial charge on any atom is 0.340 e. The van der Waals surface area contributed by atoms with Gasteiger partial charge in [0.1, 0.15) is 5.82 Å². The number of nitrogens with two attached hydrogens (primary N) is 1. The van der Waals surface area contributed by atoms with E-state index in [-0.39, 0.29) is 17.3 Å². The predicted octanol–water partition coefficient (Wildman–Crippen LogP) is 3.07. The molecule has 0 amide bonds. The third-order valence-electron chi connectivity index (χ3n) is 3.02. The minimum atomic E-state index is -0.558. The molecule has 1 rings (SSSR count). The van der Waals surface area contributed by atoms with Gasteiger partial charge in [-0.05, 0) is 31.9 Å². The molecule has 0 aromatic heterocycles. The highest BCUT2D eigenvalue weighted by atomic mass is 19.1. The van der Waals surface area contributed by atoms with Crippen LogP contribution >= 0.6 is 0 Å². The number of anilines is 2. The smallest absolute Gasteiger partial charge is 0.340 e. The van der Waals surface area contributed by atoms with E-state index in [1.165, 1.54) is 19.2 Å². The average Bonchev–Trinajstić information content (AvgIpc) is 2.35. The van der Waals surface area contributed by atoms with Gasteiger partial charge in [-0.3, -0.25) is 0 Å². The van der Waals surface area contributed by atoms with Crippen LogP contribution < -0.4 is 10.6 Å². The molecule has 0 heterocycles. The third kappa shape index (κ3) is 3.62. The van der Waals surface area contributed by atoms with Crippen LogP contribution in [0.25, 0.3) is 0 Å². The van der Waals surface area contributed by atoms with Gasteiger partial charge >= 0.3 is 5.97 Å². The van der Waals surface area contributed by atoms with Crippen molar-refractivity contribution in [3.05, 3.63) is 23.5 Å². The van der Waals surface area contributed by atoms with Gasteiger partial charge in [0.25, 0.3) is 0 Å². The Kier molecular flexibility index (Phi) is 5.36. The number of carbonyl (C=O) groups is 1. The number of rotatable bonds is 5. The van der Waals surface area contributed by atoms with Crippen LogP contribution in [0.1, 0.15) is 38.1 Å². The standard InChI is InChI=1S/C15H23FN2O2/c1-9(2)8-18(10(3)4)14-6-11(15(19)20-5)13(17)7-12(14)16/h6-7,9-10H,8,17H2,1-5H3. The molecule has 112 valence electrons. The number of carbonyl (C=O) groups excluding carboxylic acids is 1. The van der Waals surface area contributed by atoms with Crippen molar-refractivity contribution in [3.8, 4) is 0 Å². The van der Waals surface area contributed by atoms with Crippen molar-refractivity contribution >= 4 is 17.3 Å². The maximum absolute atomic E-state index is 14.2. The van der Waals surface area contributed by atoms with Crippen LogP contribution in [0.4, 0.5) is 15.8 Å². The second-order valence-electron chi connectivity index (χ2n) is 5.52. The van der Waals surface area contributed by atoms with E-state index < -0.39 is 11.8 Å². The molecule has 0 unspecified atom stereocenters. The lowest BCUT2D eigenvalue weighted by molar-refractivity contribution is 0.0602. The number of nitrogens with zero attached hydrogens (tertiary/aromatic N) is 1. The summed E-state index contributed by atoms with van der Waals surface area (Å²) >= 11 is 0. The van der Waals surface area contributed by atoms with Crippen molar-refractivity contribution in [3.63, 3.8) is 0 Å². The first kappa shape index (κ1) is 16.3. The Hall–Kier alpha value is -1.78. The van der Waals surface area contributed by atoms with Crippen molar-refractivity contribution in [2.24, 2.45) is 5.92 Å². The molecule has 0 saturated carbocycles. The van der Waals surface area contributed by atoms with Gasteiger partial charge in [-0.15, -0.1) is 0 Å². The molecule has 0 spiro atoms. The zero-order valence-corrected chi connectivity index (χ0v) is 12.7. The van der Waals surface area contributed by atoms with Crippen LogP contribution in [0.5, 0.6) is 0 Å². The van der Waals surface area contributed by atoms with E-state index in [2.05, 4.69) is 18.6 Å². The summed E-state index contributed by atoms with van der Waals surface area (Å²) in [6.45, 7) is 8.78. The molecule has 1 aromatic carbocycles. The van der Waals surface area contributed by atoms with Crippen molar-refractivity contribution in [2.45, 2.75) is 33.7 Å². The lowest BCUT2D eigenvalue weighted by Gasteiger charge is -2.31. The number of halogens is 1. The molecule has 0 aliphatic heterocycles. The number of nitrogen functional groups attached to an aromatic ring is 1. The van der Waals surface area contributed by atoms with Gasteiger partial charge in [0, 0.05) is 18.3 Å². The van der Waals surface area contributed by atoms with E-state index in [1.54, 1.807) is 0 Å². The largest absolute Gasteiger partial charge is 0.465 e. The molecule has 0 atom stereocenters. The summed E-state index contributed by atoms with van der Waals surface area (Å²) in [5.74, 6) is -0.613. The van der Waals surface area contributed by atoms with Crippen LogP contribution in [0, 0.1) is 11.7 Å². The van der Waals surface area contributed by atoms with Crippen molar-refractivity contribution < 1.29 is 13.9 Å². The Morgan fingerprint density at radius 1 is 1.35 bits per heavy atom. The fourth-order valence-corrected chi connectivity index (χ4v) is 2.06. The van der Waals surface area contributed by atoms with Crippen LogP contribution in [-0.4, -0.2) is 25.7 Å². The lowest BCUT2D eigenvalue weighted by atomic mass is 10.1. The molecule has 2 N–H and O–H groups in total. The summed E-state index contributed by atoms with van der Waals surface area (Å²) in [4.78, 5) is 13.6. The van der Waals surface area contributed by atoms with Gasteiger partial charge in [0.05, 0.1) is 18.4 Å². The second kappa shape index (κ2) is 6.59. The lowest BCUT2D eigenvalue weighted by Crippen LogP contribution is -2.35. The van der Waals surface area contributed by atoms with E-state index in [1.807, 2.05) is 18.7 Å². The first-order valence-corrected chi connectivity index (χ1v) is 6.71. The first-order valence-electron chi connectivity index (χ1n) is 6.71. The quantitative estimate of drug-likeness (QED) is 0.666. The number of hydrogen-bond donors (Lipinski definition) is 1. The van der Waals surface area contributed by atoms with E-state index in [4.69, 9.17) is 5.73 Å². The summed E-state index contributed by atoms with van der Waals surface area (Å²) in [7, 11) is 1.28. The molecule has 20 heavy (non-hydrogen) atoms. The fraction of sp³-hybridized carbons (Fsp3) is 0.533. The van der Waals surface area contributed by atoms with Crippen LogP contribution in [0.15, 0.2) is 12.1 Å². The fourth-order valence-electron chi connectivity index (χ4n) is 2.06. The highest BCUT2D eigenvalue weighted by Crippen LogP contribution is 2.28. The van der Waals surface area contributed by atoms with Gasteiger partial charge in [-0.2, -0.15) is 0 Å². The van der Waals surface area contributed by atoms with Gasteiger partial charge in [-0.1, -0.05) is 13.8 Å². The number of methoxy groups -OCH3 is 1. The van der Waals surface area contributed by atoms with Crippen molar-refractivity contribution in [1.29, 1.82) is 0 Å². The zero-order chi connectivity index (χ0) is 15.4. The van der Waals surface area contributed by atoms with E-state index in [0.717, 1.165) is 0 Å². The van der Waals surface area contributed by atoms with E-state index in [9.17, 15) is 9.18 Å². The Balaban J connectivity index is 3.30. The Labute approximate surface area is 119 Å². The third-order valence-corrected chi connectivity index (χ3v) is 3.02. The number of esters is 1. The van der Waals surface area contributed by atoms with Gasteiger partial charge in [0.2, 0.25) is 0 Å². The minimum absolute atomic E-state index is 0.0892. The molecular weight excluding hydrogens is 259 g/mol. The van der Waals surface area contributed by atoms with Gasteiger partial charge in [-0.25, -0.2) is 9.18 Å². The summed E-state index contributed by atoms with van der Waals surface area (Å²) in [5, 5.41) is 0. The Morgan fingerprint density at radius 3 is 2.40 bits per heavy atom. The van der Waals surface area contributed by atoms with Crippen molar-refractivity contribution in [1.82, 2.24) is 0 Å². The molecule has 0 radical (unpaired) electrons. The topological polar surface area (TPSA) is 55.6 Å². The summed E-state index contributed by atoms with van der Waals surface area (Å²) in [6, 6.07) is 2.76. The van der Waals surface area contributed by atoms with Crippen molar-refractivity contribution in [2.75, 3.05) is 24.3 Å². The zero-order valence-electron chi connectivity index (χ0n) is 12.7. The number of hydrogen-bond acceptors (Lipinski definition) is 4. The molecule has 0 saturated heterocycles. The highest BCUT2D eigenvalue weighted by Gasteiger charge is 2.20. The number of benzene rings is 1. The predicted molar refractivity (Wildman–Crippen MR) is 79.5 cm³/mol. The molecule has 0 fully saturated rings. The maximum atomic E-state index is 14.2. The molecule has 4 nitrogen and oxygen atoms in total. The normalized spacial score (nSPS) is 11.0. The van der Waals surface area contributed by atoms with Gasteiger partial charge in [0.15, 0.2) is 0 Å². The van der Waals surface area contributed by atoms with Crippen LogP contribution in [0.3, 0.4) is 0 Å². The van der Waals surface area contributed by atoms with E-state index >= 15 is 0 Å². The summed E-state index contributed by atoms with van der Waals surface area (Å²) < 4.78 is 18.9. The summed E-state index contributed by atoms with van der Waals surface area (Å²) in [5.41, 5.74) is 6.35. The minimum Gasteiger partial charge on any atom is -0.465 e. The Bertz CT molecular complexity index is 487. The molecule has 0 aliphatic rings. The number of ether oxygens (including phenoxy) is 1. The van der Waals surface area contributed by atoms with E-state index in [0.29, 0.717) is 18.2 Å². The van der Waals surface area contributed by atoms with Crippen LogP contribution in [0.2, 0.25) is 0 Å². The monoisotopic (exact) mass is 282 g/mol. The van der Waals surface area contributed by atoms with Crippen LogP contribution in [-0.2, 0) is 4.74 Å². The molecular formula is C15H23FN2O2. The highest BCUT2D eigenvalue weighted by molar-refractivity contribution is 5.96. The molecule has 0 aliphatic carbocycles. The first-order chi connectivity index (χ1) is 9.27.